The van der Waals surface area contributed by atoms with E-state index >= 15 is 0 Å². The Morgan fingerprint density at radius 2 is 1.66 bits per heavy atom. The van der Waals surface area contributed by atoms with Crippen LogP contribution in [0.4, 0.5) is 0 Å². The van der Waals surface area contributed by atoms with Gasteiger partial charge in [0.05, 0.1) is 50.5 Å². The third-order valence-electron chi connectivity index (χ3n) is 7.47. The number of carbonyl (C=O) groups excluding carboxylic acids is 2. The molecule has 1 aliphatic heterocycles. The van der Waals surface area contributed by atoms with Crippen molar-refractivity contribution in [2.24, 2.45) is 10.9 Å². The van der Waals surface area contributed by atoms with Crippen molar-refractivity contribution in [3.05, 3.63) is 57.2 Å². The van der Waals surface area contributed by atoms with Crippen LogP contribution in [-0.2, 0) is 19.1 Å². The molecule has 0 N–H and O–H groups in total. The third kappa shape index (κ3) is 6.28. The summed E-state index contributed by atoms with van der Waals surface area (Å²) in [5, 5.41) is 0. The molecule has 3 atom stereocenters. The zero-order valence-electron chi connectivity index (χ0n) is 24.2. The monoisotopic (exact) mass is 629 g/mol. The van der Waals surface area contributed by atoms with Gasteiger partial charge in [-0.05, 0) is 77.5 Å². The maximum Gasteiger partial charge on any atom is 0.336 e. The van der Waals surface area contributed by atoms with Crippen LogP contribution in [0.2, 0.25) is 0 Å². The van der Waals surface area contributed by atoms with E-state index in [1.165, 1.54) is 7.11 Å². The minimum Gasteiger partial charge on any atom is -0.493 e. The molecule has 1 heterocycles. The predicted octanol–water partition coefficient (Wildman–Crippen LogP) is 5.64. The van der Waals surface area contributed by atoms with Crippen LogP contribution < -0.4 is 18.9 Å². The Hall–Kier alpha value is -3.37. The van der Waals surface area contributed by atoms with Crippen molar-refractivity contribution >= 4 is 33.4 Å². The molecule has 1 aliphatic carbocycles. The van der Waals surface area contributed by atoms with E-state index in [0.29, 0.717) is 51.8 Å². The molecule has 10 heteroatoms. The van der Waals surface area contributed by atoms with Crippen LogP contribution in [0.3, 0.4) is 0 Å². The molecule has 220 valence electrons. The molecule has 0 spiro atoms. The molecular formula is C31H36BrNO8. The number of hydrogen-bond acceptors (Lipinski definition) is 9. The maximum absolute atomic E-state index is 14.0. The van der Waals surface area contributed by atoms with Crippen LogP contribution in [0.1, 0.15) is 49.7 Å². The lowest BCUT2D eigenvalue weighted by atomic mass is 9.66. The van der Waals surface area contributed by atoms with Crippen LogP contribution in [0.25, 0.3) is 0 Å². The largest absolute Gasteiger partial charge is 0.493 e. The SMILES string of the molecule is CCOc1cc([C@H]2C(C(=O)OCCOC)=C(C)N=C3C[C@H](c4ccc(OC)c(OC)c4)CC(=O)C32)cc(Br)c1OC. The quantitative estimate of drug-likeness (QED) is 0.232. The highest BCUT2D eigenvalue weighted by Gasteiger charge is 2.46. The number of halogens is 1. The van der Waals surface area contributed by atoms with E-state index < -0.39 is 17.8 Å². The first-order valence-electron chi connectivity index (χ1n) is 13.5. The highest BCUT2D eigenvalue weighted by Crippen LogP contribution is 2.49. The fraction of sp³-hybridized carbons (Fsp3) is 0.452. The smallest absolute Gasteiger partial charge is 0.336 e. The zero-order valence-corrected chi connectivity index (χ0v) is 25.8. The van der Waals surface area contributed by atoms with Gasteiger partial charge in [0.1, 0.15) is 12.4 Å². The summed E-state index contributed by atoms with van der Waals surface area (Å²) in [5.41, 5.74) is 3.31. The fourth-order valence-electron chi connectivity index (χ4n) is 5.67. The van der Waals surface area contributed by atoms with Gasteiger partial charge in [0, 0.05) is 30.9 Å². The summed E-state index contributed by atoms with van der Waals surface area (Å²) in [5.74, 6) is 0.415. The second kappa shape index (κ2) is 13.5. The number of fused-ring (bicyclic) bond motifs is 1. The Balaban J connectivity index is 1.81. The summed E-state index contributed by atoms with van der Waals surface area (Å²) in [6.07, 6.45) is 0.845. The average Bonchev–Trinajstić information content (AvgIpc) is 2.96. The van der Waals surface area contributed by atoms with Crippen LogP contribution >= 0.6 is 15.9 Å². The van der Waals surface area contributed by atoms with Crippen LogP contribution in [-0.4, -0.2) is 65.7 Å². The number of carbonyl (C=O) groups is 2. The zero-order chi connectivity index (χ0) is 29.7. The number of Topliss-reactive ketones (excluding diaryl/α,β-unsaturated/α-hetero) is 1. The Bertz CT molecular complexity index is 1370. The normalized spacial score (nSPS) is 20.2. The van der Waals surface area contributed by atoms with Crippen molar-refractivity contribution < 1.29 is 38.0 Å². The lowest BCUT2D eigenvalue weighted by Gasteiger charge is -2.38. The van der Waals surface area contributed by atoms with Gasteiger partial charge in [-0.3, -0.25) is 9.79 Å². The Labute approximate surface area is 248 Å². The van der Waals surface area contributed by atoms with E-state index in [-0.39, 0.29) is 31.3 Å². The Kier molecular flexibility index (Phi) is 10.1. The highest BCUT2D eigenvalue weighted by molar-refractivity contribution is 9.10. The summed E-state index contributed by atoms with van der Waals surface area (Å²) < 4.78 is 33.6. The maximum atomic E-state index is 14.0. The number of allylic oxidation sites excluding steroid dienone is 1. The molecule has 0 bridgehead atoms. The molecule has 0 saturated heterocycles. The lowest BCUT2D eigenvalue weighted by molar-refractivity contribution is -0.140. The Morgan fingerprint density at radius 3 is 2.32 bits per heavy atom. The first kappa shape index (κ1) is 30.6. The number of rotatable bonds is 11. The molecule has 1 saturated carbocycles. The number of nitrogens with zero attached hydrogens (tertiary/aromatic N) is 1. The van der Waals surface area contributed by atoms with E-state index in [2.05, 4.69) is 15.9 Å². The van der Waals surface area contributed by atoms with E-state index in [0.717, 1.165) is 16.8 Å². The molecule has 0 aromatic heterocycles. The summed E-state index contributed by atoms with van der Waals surface area (Å²) >= 11 is 3.60. The molecule has 1 fully saturated rings. The van der Waals surface area contributed by atoms with Crippen LogP contribution in [0.15, 0.2) is 51.1 Å². The van der Waals surface area contributed by atoms with Gasteiger partial charge in [0.2, 0.25) is 0 Å². The second-order valence-electron chi connectivity index (χ2n) is 9.84. The van der Waals surface area contributed by atoms with E-state index in [1.807, 2.05) is 37.3 Å². The number of benzene rings is 2. The minimum atomic E-state index is -0.630. The van der Waals surface area contributed by atoms with Gasteiger partial charge in [-0.1, -0.05) is 6.07 Å². The fourth-order valence-corrected chi connectivity index (χ4v) is 6.29. The van der Waals surface area contributed by atoms with Crippen molar-refractivity contribution in [1.82, 2.24) is 0 Å². The molecule has 2 aliphatic rings. The van der Waals surface area contributed by atoms with Crippen LogP contribution in [0, 0.1) is 5.92 Å². The van der Waals surface area contributed by atoms with Gasteiger partial charge in [-0.2, -0.15) is 0 Å². The topological polar surface area (TPSA) is 102 Å². The summed E-state index contributed by atoms with van der Waals surface area (Å²) in [6, 6.07) is 9.42. The number of aliphatic imine (C=N–C) groups is 1. The molecule has 1 unspecified atom stereocenters. The number of methoxy groups -OCH3 is 4. The molecule has 0 amide bonds. The van der Waals surface area contributed by atoms with E-state index in [1.54, 1.807) is 28.3 Å². The van der Waals surface area contributed by atoms with E-state index in [4.69, 9.17) is 33.4 Å². The third-order valence-corrected chi connectivity index (χ3v) is 8.06. The van der Waals surface area contributed by atoms with Crippen molar-refractivity contribution in [1.29, 1.82) is 0 Å². The lowest BCUT2D eigenvalue weighted by Crippen LogP contribution is -2.41. The Morgan fingerprint density at radius 1 is 0.927 bits per heavy atom. The van der Waals surface area contributed by atoms with Gasteiger partial charge < -0.3 is 28.4 Å². The van der Waals surface area contributed by atoms with Gasteiger partial charge in [-0.15, -0.1) is 0 Å². The molecule has 2 aromatic rings. The number of esters is 1. The van der Waals surface area contributed by atoms with Gasteiger partial charge in [-0.25, -0.2) is 4.79 Å². The summed E-state index contributed by atoms with van der Waals surface area (Å²) in [7, 11) is 6.28. The first-order chi connectivity index (χ1) is 19.8. The summed E-state index contributed by atoms with van der Waals surface area (Å²) in [4.78, 5) is 32.4. The standard InChI is InChI=1S/C31H36BrNO8/c1-7-40-26-16-20(12-21(32)30(26)39-6)28-27(31(35)41-11-10-36-3)17(2)33-22-13-19(14-23(34)29(22)28)18-8-9-24(37-4)25(15-18)38-5/h8-9,12,15-16,19,28-29H,7,10-11,13-14H2,1-6H3/t19-,28-,29?/m0/s1. The van der Waals surface area contributed by atoms with Crippen molar-refractivity contribution in [2.45, 2.75) is 38.5 Å². The van der Waals surface area contributed by atoms with Crippen molar-refractivity contribution in [3.63, 3.8) is 0 Å². The first-order valence-corrected chi connectivity index (χ1v) is 14.3. The van der Waals surface area contributed by atoms with Crippen molar-refractivity contribution in [3.8, 4) is 23.0 Å². The average molecular weight is 631 g/mol. The number of ketones is 1. The second-order valence-corrected chi connectivity index (χ2v) is 10.7. The van der Waals surface area contributed by atoms with Gasteiger partial charge in [0.25, 0.3) is 0 Å². The highest BCUT2D eigenvalue weighted by atomic mass is 79.9. The molecule has 0 radical (unpaired) electrons. The molecular weight excluding hydrogens is 594 g/mol. The van der Waals surface area contributed by atoms with Crippen LogP contribution in [0.5, 0.6) is 23.0 Å². The minimum absolute atomic E-state index is 0.000577. The van der Waals surface area contributed by atoms with Crippen molar-refractivity contribution in [2.75, 3.05) is 48.3 Å². The van der Waals surface area contributed by atoms with Gasteiger partial charge in [0.15, 0.2) is 23.0 Å². The predicted molar refractivity (Wildman–Crippen MR) is 158 cm³/mol. The molecule has 2 aromatic carbocycles. The van der Waals surface area contributed by atoms with Gasteiger partial charge >= 0.3 is 5.97 Å². The number of hydrogen-bond donors (Lipinski definition) is 0. The molecule has 41 heavy (non-hydrogen) atoms. The molecule has 4 rings (SSSR count). The molecule has 9 nitrogen and oxygen atoms in total. The summed E-state index contributed by atoms with van der Waals surface area (Å²) in [6.45, 7) is 4.43. The number of ether oxygens (including phenoxy) is 6. The van der Waals surface area contributed by atoms with E-state index in [9.17, 15) is 9.59 Å².